The summed E-state index contributed by atoms with van der Waals surface area (Å²) in [6.07, 6.45) is 0. The zero-order chi connectivity index (χ0) is 22.0. The van der Waals surface area contributed by atoms with Crippen LogP contribution >= 0.6 is 23.2 Å². The molecule has 156 valence electrons. The van der Waals surface area contributed by atoms with Gasteiger partial charge in [0.25, 0.3) is 0 Å². The second-order valence-electron chi connectivity index (χ2n) is 7.14. The van der Waals surface area contributed by atoms with E-state index in [0.29, 0.717) is 21.5 Å². The minimum absolute atomic E-state index is 0.236. The van der Waals surface area contributed by atoms with Crippen LogP contribution in [0.25, 0.3) is 10.9 Å². The van der Waals surface area contributed by atoms with Gasteiger partial charge in [-0.05, 0) is 68.7 Å². The average Bonchev–Trinajstić information content (AvgIpc) is 2.68. The van der Waals surface area contributed by atoms with Crippen LogP contribution in [0.1, 0.15) is 32.7 Å². The van der Waals surface area contributed by atoms with Gasteiger partial charge in [-0.1, -0.05) is 29.3 Å². The maximum atomic E-state index is 12.4. The van der Waals surface area contributed by atoms with Crippen molar-refractivity contribution >= 4 is 45.9 Å². The lowest BCUT2D eigenvalue weighted by atomic mass is 9.98. The van der Waals surface area contributed by atoms with Crippen LogP contribution in [0.15, 0.2) is 30.3 Å². The van der Waals surface area contributed by atoms with E-state index in [1.807, 2.05) is 52.0 Å². The Kier molecular flexibility index (Phi) is 6.64. The van der Waals surface area contributed by atoms with Crippen LogP contribution in [-0.4, -0.2) is 30.0 Å². The first-order valence-electron chi connectivity index (χ1n) is 9.32. The van der Waals surface area contributed by atoms with Crippen LogP contribution in [0.5, 0.6) is 5.75 Å². The minimum atomic E-state index is -0.684. The van der Waals surface area contributed by atoms with Crippen molar-refractivity contribution in [1.29, 1.82) is 0 Å². The highest BCUT2D eigenvalue weighted by Crippen LogP contribution is 2.37. The predicted octanol–water partition coefficient (Wildman–Crippen LogP) is 5.58. The molecule has 1 aromatic heterocycles. The number of aryl methyl sites for hydroxylation is 4. The topological polar surface area (TPSA) is 65.5 Å². The Labute approximate surface area is 184 Å². The molecule has 0 saturated heterocycles. The third-order valence-electron chi connectivity index (χ3n) is 4.82. The highest BCUT2D eigenvalue weighted by molar-refractivity contribution is 6.39. The smallest absolute Gasteiger partial charge is 0.344 e. The molecule has 0 radical (unpaired) electrons. The zero-order valence-corrected chi connectivity index (χ0v) is 18.6. The molecular formula is C23H21Cl2NO4. The largest absolute Gasteiger partial charge is 0.478 e. The van der Waals surface area contributed by atoms with Gasteiger partial charge in [-0.25, -0.2) is 9.78 Å². The zero-order valence-electron chi connectivity index (χ0n) is 17.1. The molecule has 1 heterocycles. The van der Waals surface area contributed by atoms with Crippen molar-refractivity contribution in [2.75, 3.05) is 13.2 Å². The van der Waals surface area contributed by atoms with Crippen LogP contribution in [0.3, 0.4) is 0 Å². The number of ketones is 1. The van der Waals surface area contributed by atoms with E-state index in [2.05, 4.69) is 4.98 Å². The average molecular weight is 446 g/mol. The fourth-order valence-electron chi connectivity index (χ4n) is 3.08. The van der Waals surface area contributed by atoms with Crippen molar-refractivity contribution in [2.45, 2.75) is 27.7 Å². The summed E-state index contributed by atoms with van der Waals surface area (Å²) in [4.78, 5) is 29.0. The van der Waals surface area contributed by atoms with Crippen molar-refractivity contribution in [3.05, 3.63) is 68.3 Å². The number of aromatic nitrogens is 1. The van der Waals surface area contributed by atoms with E-state index in [1.54, 1.807) is 0 Å². The molecule has 0 saturated carbocycles. The molecule has 3 rings (SSSR count). The number of carbonyl (C=O) groups excluding carboxylic acids is 2. The van der Waals surface area contributed by atoms with Gasteiger partial charge in [0.1, 0.15) is 5.52 Å². The molecule has 0 atom stereocenters. The first-order chi connectivity index (χ1) is 14.2. The number of carbonyl (C=O) groups is 2. The number of hydrogen-bond donors (Lipinski definition) is 0. The van der Waals surface area contributed by atoms with Gasteiger partial charge in [-0.3, -0.25) is 4.79 Å². The number of benzene rings is 2. The molecule has 0 N–H and O–H groups in total. The van der Waals surface area contributed by atoms with Gasteiger partial charge in [-0.15, -0.1) is 0 Å². The van der Waals surface area contributed by atoms with Crippen LogP contribution < -0.4 is 4.74 Å². The van der Waals surface area contributed by atoms with E-state index in [4.69, 9.17) is 32.7 Å². The van der Waals surface area contributed by atoms with Crippen molar-refractivity contribution in [1.82, 2.24) is 4.98 Å². The van der Waals surface area contributed by atoms with Gasteiger partial charge in [0.2, 0.25) is 5.78 Å². The highest BCUT2D eigenvalue weighted by atomic mass is 35.5. The van der Waals surface area contributed by atoms with E-state index < -0.39 is 12.6 Å². The van der Waals surface area contributed by atoms with Crippen molar-refractivity contribution in [3.8, 4) is 5.75 Å². The Balaban J connectivity index is 1.68. The monoisotopic (exact) mass is 445 g/mol. The molecular weight excluding hydrogens is 425 g/mol. The Hall–Kier alpha value is -2.63. The predicted molar refractivity (Wildman–Crippen MR) is 118 cm³/mol. The summed E-state index contributed by atoms with van der Waals surface area (Å²) in [5.41, 5.74) is 4.70. The summed E-state index contributed by atoms with van der Waals surface area (Å²) < 4.78 is 10.7. The molecule has 30 heavy (non-hydrogen) atoms. The number of nitrogens with zero attached hydrogens (tertiary/aromatic N) is 1. The van der Waals surface area contributed by atoms with Gasteiger partial charge in [0, 0.05) is 16.6 Å². The van der Waals surface area contributed by atoms with Crippen LogP contribution in [0, 0.1) is 27.7 Å². The summed E-state index contributed by atoms with van der Waals surface area (Å²) in [5.74, 6) is -0.707. The van der Waals surface area contributed by atoms with Crippen LogP contribution in [0.4, 0.5) is 0 Å². The molecule has 0 fully saturated rings. The van der Waals surface area contributed by atoms with E-state index in [0.717, 1.165) is 22.4 Å². The Morgan fingerprint density at radius 3 is 2.33 bits per heavy atom. The molecule has 0 aliphatic carbocycles. The van der Waals surface area contributed by atoms with E-state index in [-0.39, 0.29) is 23.2 Å². The van der Waals surface area contributed by atoms with Crippen molar-refractivity contribution in [2.24, 2.45) is 0 Å². The maximum Gasteiger partial charge on any atom is 0.344 e. The standard InChI is InChI=1S/C23H21Cl2NO4/c1-12-7-14(3)17(8-13(12)2)20(27)10-29-21(28)11-30-23-19(25)9-18(24)16-6-5-15(4)26-22(16)23/h5-9H,10-11H2,1-4H3. The molecule has 0 spiro atoms. The summed E-state index contributed by atoms with van der Waals surface area (Å²) in [6.45, 7) is 6.82. The summed E-state index contributed by atoms with van der Waals surface area (Å²) in [5, 5.41) is 1.34. The van der Waals surface area contributed by atoms with Gasteiger partial charge in [0.15, 0.2) is 19.0 Å². The maximum absolute atomic E-state index is 12.4. The third kappa shape index (κ3) is 4.74. The molecule has 0 aliphatic heterocycles. The van der Waals surface area contributed by atoms with E-state index >= 15 is 0 Å². The number of halogens is 2. The normalized spacial score (nSPS) is 10.9. The lowest BCUT2D eigenvalue weighted by molar-refractivity contribution is -0.144. The molecule has 5 nitrogen and oxygen atoms in total. The number of rotatable bonds is 6. The minimum Gasteiger partial charge on any atom is -0.478 e. The lowest BCUT2D eigenvalue weighted by Crippen LogP contribution is -2.20. The number of esters is 1. The first-order valence-corrected chi connectivity index (χ1v) is 10.1. The highest BCUT2D eigenvalue weighted by Gasteiger charge is 2.17. The third-order valence-corrected chi connectivity index (χ3v) is 5.41. The summed E-state index contributed by atoms with van der Waals surface area (Å²) >= 11 is 12.5. The van der Waals surface area contributed by atoms with Crippen LogP contribution in [0.2, 0.25) is 10.0 Å². The van der Waals surface area contributed by atoms with Crippen LogP contribution in [-0.2, 0) is 9.53 Å². The fourth-order valence-corrected chi connectivity index (χ4v) is 3.66. The molecule has 2 aromatic carbocycles. The Morgan fingerprint density at radius 2 is 1.60 bits per heavy atom. The van der Waals surface area contributed by atoms with Gasteiger partial charge in [0.05, 0.1) is 10.0 Å². The van der Waals surface area contributed by atoms with Gasteiger partial charge >= 0.3 is 5.97 Å². The van der Waals surface area contributed by atoms with Gasteiger partial charge < -0.3 is 9.47 Å². The summed E-state index contributed by atoms with van der Waals surface area (Å²) in [7, 11) is 0. The second-order valence-corrected chi connectivity index (χ2v) is 7.96. The molecule has 0 amide bonds. The second kappa shape index (κ2) is 9.02. The molecule has 7 heteroatoms. The van der Waals surface area contributed by atoms with E-state index in [1.165, 1.54) is 6.07 Å². The molecule has 0 aliphatic rings. The molecule has 0 unspecified atom stereocenters. The van der Waals surface area contributed by atoms with Gasteiger partial charge in [-0.2, -0.15) is 0 Å². The number of pyridine rings is 1. The first kappa shape index (κ1) is 22.1. The lowest BCUT2D eigenvalue weighted by Gasteiger charge is -2.12. The number of hydrogen-bond acceptors (Lipinski definition) is 5. The molecule has 3 aromatic rings. The quantitative estimate of drug-likeness (QED) is 0.365. The Morgan fingerprint density at radius 1 is 0.900 bits per heavy atom. The Bertz CT molecular complexity index is 1160. The number of Topliss-reactive ketones (excluding diaryl/α,β-unsaturated/α-hetero) is 1. The summed E-state index contributed by atoms with van der Waals surface area (Å²) in [6, 6.07) is 8.92. The number of fused-ring (bicyclic) bond motifs is 1. The number of ether oxygens (including phenoxy) is 2. The SMILES string of the molecule is Cc1ccc2c(Cl)cc(Cl)c(OCC(=O)OCC(=O)c3cc(C)c(C)cc3C)c2n1. The van der Waals surface area contributed by atoms with Crippen molar-refractivity contribution < 1.29 is 19.1 Å². The van der Waals surface area contributed by atoms with Crippen molar-refractivity contribution in [3.63, 3.8) is 0 Å². The molecule has 0 bridgehead atoms. The fraction of sp³-hybridized carbons (Fsp3) is 0.261. The van der Waals surface area contributed by atoms with E-state index in [9.17, 15) is 9.59 Å².